The van der Waals surface area contributed by atoms with Gasteiger partial charge in [-0.25, -0.2) is 0 Å². The summed E-state index contributed by atoms with van der Waals surface area (Å²) in [6.07, 6.45) is 1.73. The van der Waals surface area contributed by atoms with E-state index in [9.17, 15) is 4.79 Å². The van der Waals surface area contributed by atoms with Crippen LogP contribution in [-0.2, 0) is 18.4 Å². The highest BCUT2D eigenvalue weighted by atomic mass is 32.2. The number of carboxylic acid groups (broad SMARTS) is 1. The van der Waals surface area contributed by atoms with Crippen molar-refractivity contribution in [1.82, 2.24) is 24.5 Å². The van der Waals surface area contributed by atoms with Crippen molar-refractivity contribution < 1.29 is 9.90 Å². The molecule has 0 amide bonds. The van der Waals surface area contributed by atoms with Crippen molar-refractivity contribution in [3.63, 3.8) is 0 Å². The number of carboxylic acids is 1. The third-order valence-electron chi connectivity index (χ3n) is 2.83. The molecule has 2 rings (SSSR count). The Labute approximate surface area is 121 Å². The molecule has 0 bridgehead atoms. The standard InChI is InChI=1S/C12H17N5O2S/c1-8(2)11-14-15-12(20-7-10(18)19)17(11)6-9-4-5-13-16(9)3/h4-5,8H,6-7H2,1-3H3,(H,18,19). The summed E-state index contributed by atoms with van der Waals surface area (Å²) in [4.78, 5) is 10.7. The summed E-state index contributed by atoms with van der Waals surface area (Å²) in [6, 6.07) is 1.93. The molecule has 0 fully saturated rings. The average molecular weight is 295 g/mol. The number of thioether (sulfide) groups is 1. The van der Waals surface area contributed by atoms with Gasteiger partial charge in [-0.15, -0.1) is 10.2 Å². The molecule has 0 spiro atoms. The highest BCUT2D eigenvalue weighted by Gasteiger charge is 2.17. The molecule has 0 aliphatic rings. The van der Waals surface area contributed by atoms with Crippen LogP contribution in [-0.4, -0.2) is 41.4 Å². The highest BCUT2D eigenvalue weighted by molar-refractivity contribution is 7.99. The Morgan fingerprint density at radius 3 is 2.75 bits per heavy atom. The van der Waals surface area contributed by atoms with Gasteiger partial charge in [-0.3, -0.25) is 14.0 Å². The molecule has 0 aliphatic carbocycles. The SMILES string of the molecule is CC(C)c1nnc(SCC(=O)O)n1Cc1ccnn1C. The lowest BCUT2D eigenvalue weighted by molar-refractivity contribution is -0.133. The summed E-state index contributed by atoms with van der Waals surface area (Å²) >= 11 is 1.18. The molecular weight excluding hydrogens is 278 g/mol. The maximum Gasteiger partial charge on any atom is 0.313 e. The van der Waals surface area contributed by atoms with E-state index in [0.717, 1.165) is 11.5 Å². The van der Waals surface area contributed by atoms with Crippen LogP contribution in [0, 0.1) is 0 Å². The number of hydrogen-bond donors (Lipinski definition) is 1. The lowest BCUT2D eigenvalue weighted by atomic mass is 10.2. The minimum Gasteiger partial charge on any atom is -0.481 e. The molecule has 108 valence electrons. The maximum absolute atomic E-state index is 10.7. The third kappa shape index (κ3) is 3.19. The maximum atomic E-state index is 10.7. The Kier molecular flexibility index (Phi) is 4.43. The minimum atomic E-state index is -0.865. The first-order chi connectivity index (χ1) is 9.49. The van der Waals surface area contributed by atoms with Crippen LogP contribution in [0.15, 0.2) is 17.4 Å². The van der Waals surface area contributed by atoms with Crippen molar-refractivity contribution in [3.05, 3.63) is 23.8 Å². The smallest absolute Gasteiger partial charge is 0.313 e. The van der Waals surface area contributed by atoms with Crippen LogP contribution in [0.2, 0.25) is 0 Å². The summed E-state index contributed by atoms with van der Waals surface area (Å²) < 4.78 is 3.74. The van der Waals surface area contributed by atoms with Crippen LogP contribution in [0.4, 0.5) is 0 Å². The van der Waals surface area contributed by atoms with E-state index in [-0.39, 0.29) is 11.7 Å². The fourth-order valence-corrected chi connectivity index (χ4v) is 2.49. The van der Waals surface area contributed by atoms with Gasteiger partial charge in [0.15, 0.2) is 5.16 Å². The number of carbonyl (C=O) groups is 1. The topological polar surface area (TPSA) is 85.8 Å². The van der Waals surface area contributed by atoms with Crippen molar-refractivity contribution in [2.75, 3.05) is 5.75 Å². The molecule has 0 unspecified atom stereocenters. The largest absolute Gasteiger partial charge is 0.481 e. The van der Waals surface area contributed by atoms with Gasteiger partial charge in [-0.05, 0) is 6.07 Å². The Bertz CT molecular complexity index is 605. The molecule has 0 saturated heterocycles. The van der Waals surface area contributed by atoms with E-state index in [0.29, 0.717) is 11.7 Å². The second-order valence-corrected chi connectivity index (χ2v) is 5.65. The van der Waals surface area contributed by atoms with E-state index >= 15 is 0 Å². The first-order valence-corrected chi connectivity index (χ1v) is 7.22. The van der Waals surface area contributed by atoms with E-state index in [1.807, 2.05) is 31.5 Å². The van der Waals surface area contributed by atoms with Crippen LogP contribution in [0.25, 0.3) is 0 Å². The van der Waals surface area contributed by atoms with Gasteiger partial charge < -0.3 is 5.11 Å². The molecule has 0 aromatic carbocycles. The zero-order chi connectivity index (χ0) is 14.7. The van der Waals surface area contributed by atoms with Crippen LogP contribution in [0.1, 0.15) is 31.3 Å². The van der Waals surface area contributed by atoms with E-state index < -0.39 is 5.97 Å². The van der Waals surface area contributed by atoms with Gasteiger partial charge in [0.2, 0.25) is 0 Å². The van der Waals surface area contributed by atoms with Gasteiger partial charge in [0.25, 0.3) is 0 Å². The quantitative estimate of drug-likeness (QED) is 0.810. The van der Waals surface area contributed by atoms with Gasteiger partial charge in [-0.2, -0.15) is 5.10 Å². The lowest BCUT2D eigenvalue weighted by Crippen LogP contribution is -2.11. The van der Waals surface area contributed by atoms with Crippen LogP contribution >= 0.6 is 11.8 Å². The average Bonchev–Trinajstić information content (AvgIpc) is 2.95. The Balaban J connectivity index is 2.29. The Hall–Kier alpha value is -1.83. The summed E-state index contributed by atoms with van der Waals surface area (Å²) in [5, 5.41) is 21.8. The molecule has 0 radical (unpaired) electrons. The Morgan fingerprint density at radius 2 is 2.20 bits per heavy atom. The lowest BCUT2D eigenvalue weighted by Gasteiger charge is -2.11. The number of hydrogen-bond acceptors (Lipinski definition) is 5. The molecular formula is C12H17N5O2S. The third-order valence-corrected chi connectivity index (χ3v) is 3.78. The molecule has 8 heteroatoms. The molecule has 1 N–H and O–H groups in total. The zero-order valence-electron chi connectivity index (χ0n) is 11.6. The Morgan fingerprint density at radius 1 is 1.45 bits per heavy atom. The van der Waals surface area contributed by atoms with Crippen molar-refractivity contribution in [2.45, 2.75) is 31.5 Å². The van der Waals surface area contributed by atoms with Gasteiger partial charge in [0, 0.05) is 19.2 Å². The second-order valence-electron chi connectivity index (χ2n) is 4.71. The van der Waals surface area contributed by atoms with E-state index in [1.54, 1.807) is 10.9 Å². The molecule has 7 nitrogen and oxygen atoms in total. The van der Waals surface area contributed by atoms with Crippen molar-refractivity contribution >= 4 is 17.7 Å². The van der Waals surface area contributed by atoms with Crippen molar-refractivity contribution in [1.29, 1.82) is 0 Å². The van der Waals surface area contributed by atoms with Gasteiger partial charge in [0.05, 0.1) is 18.0 Å². The molecule has 2 heterocycles. The summed E-state index contributed by atoms with van der Waals surface area (Å²) in [5.41, 5.74) is 1.02. The van der Waals surface area contributed by atoms with Gasteiger partial charge in [0.1, 0.15) is 5.82 Å². The minimum absolute atomic E-state index is 0.0262. The predicted molar refractivity (Wildman–Crippen MR) is 74.8 cm³/mol. The van der Waals surface area contributed by atoms with E-state index in [1.165, 1.54) is 11.8 Å². The molecule has 0 saturated carbocycles. The molecule has 0 aliphatic heterocycles. The van der Waals surface area contributed by atoms with Crippen molar-refractivity contribution in [2.24, 2.45) is 7.05 Å². The predicted octanol–water partition coefficient (Wildman–Crippen LogP) is 1.36. The number of rotatable bonds is 6. The van der Waals surface area contributed by atoms with Crippen LogP contribution in [0.3, 0.4) is 0 Å². The van der Waals surface area contributed by atoms with Crippen LogP contribution < -0.4 is 0 Å². The van der Waals surface area contributed by atoms with Gasteiger partial charge >= 0.3 is 5.97 Å². The molecule has 2 aromatic rings. The van der Waals surface area contributed by atoms with E-state index in [2.05, 4.69) is 15.3 Å². The summed E-state index contributed by atoms with van der Waals surface area (Å²) in [5.74, 6) is 0.173. The molecule has 0 atom stereocenters. The highest BCUT2D eigenvalue weighted by Crippen LogP contribution is 2.22. The monoisotopic (exact) mass is 295 g/mol. The molecule has 20 heavy (non-hydrogen) atoms. The first-order valence-electron chi connectivity index (χ1n) is 6.23. The second kappa shape index (κ2) is 6.08. The number of nitrogens with zero attached hydrogens (tertiary/aromatic N) is 5. The van der Waals surface area contributed by atoms with Gasteiger partial charge in [-0.1, -0.05) is 25.6 Å². The van der Waals surface area contributed by atoms with E-state index in [4.69, 9.17) is 5.11 Å². The number of aliphatic carboxylic acids is 1. The summed E-state index contributed by atoms with van der Waals surface area (Å²) in [7, 11) is 1.87. The normalized spacial score (nSPS) is 11.2. The summed E-state index contributed by atoms with van der Waals surface area (Å²) in [6.45, 7) is 4.66. The number of aromatic nitrogens is 5. The zero-order valence-corrected chi connectivity index (χ0v) is 12.5. The first kappa shape index (κ1) is 14.6. The number of aryl methyl sites for hydroxylation is 1. The van der Waals surface area contributed by atoms with Crippen LogP contribution in [0.5, 0.6) is 0 Å². The fraction of sp³-hybridized carbons (Fsp3) is 0.500. The fourth-order valence-electron chi connectivity index (χ4n) is 1.83. The molecule has 2 aromatic heterocycles. The van der Waals surface area contributed by atoms with Crippen molar-refractivity contribution in [3.8, 4) is 0 Å².